The van der Waals surface area contributed by atoms with Crippen molar-refractivity contribution in [2.45, 2.75) is 63.5 Å². The molecule has 3 N–H and O–H groups in total. The van der Waals surface area contributed by atoms with Crippen LogP contribution in [-0.2, 0) is 16.4 Å². The van der Waals surface area contributed by atoms with E-state index in [2.05, 4.69) is 29.5 Å². The molecule has 0 aromatic heterocycles. The molecule has 1 rings (SSSR count). The van der Waals surface area contributed by atoms with Crippen LogP contribution in [0.5, 0.6) is 0 Å². The van der Waals surface area contributed by atoms with E-state index in [1.807, 2.05) is 6.92 Å². The highest BCUT2D eigenvalue weighted by atomic mass is 127. The van der Waals surface area contributed by atoms with E-state index in [0.29, 0.717) is 23.9 Å². The molecular weight excluding hydrogens is 477 g/mol. The van der Waals surface area contributed by atoms with Crippen molar-refractivity contribution in [3.8, 4) is 0 Å². The summed E-state index contributed by atoms with van der Waals surface area (Å²) in [5.74, 6) is 0.644. The quantitative estimate of drug-likeness (QED) is 0.255. The van der Waals surface area contributed by atoms with Crippen LogP contribution in [0.15, 0.2) is 34.2 Å². The van der Waals surface area contributed by atoms with Crippen LogP contribution >= 0.6 is 24.0 Å². The van der Waals surface area contributed by atoms with E-state index in [9.17, 15) is 13.5 Å². The highest BCUT2D eigenvalue weighted by molar-refractivity contribution is 14.0. The minimum atomic E-state index is -3.18. The Kier molecular flexibility index (Phi) is 12.2. The number of aliphatic hydroxyl groups is 1. The van der Waals surface area contributed by atoms with Gasteiger partial charge in [0.15, 0.2) is 15.8 Å². The molecule has 0 spiro atoms. The van der Waals surface area contributed by atoms with Crippen LogP contribution in [-0.4, -0.2) is 44.4 Å². The van der Waals surface area contributed by atoms with Gasteiger partial charge in [0.2, 0.25) is 0 Å². The lowest BCUT2D eigenvalue weighted by Crippen LogP contribution is -2.47. The summed E-state index contributed by atoms with van der Waals surface area (Å²) in [6.45, 7) is 7.73. The normalized spacial score (nSPS) is 12.4. The van der Waals surface area contributed by atoms with E-state index in [1.165, 1.54) is 6.26 Å². The second-order valence-electron chi connectivity index (χ2n) is 6.69. The molecule has 0 saturated heterocycles. The van der Waals surface area contributed by atoms with Gasteiger partial charge in [-0.05, 0) is 37.5 Å². The molecule has 0 heterocycles. The zero-order valence-corrected chi connectivity index (χ0v) is 19.9. The maximum absolute atomic E-state index is 11.5. The van der Waals surface area contributed by atoms with Gasteiger partial charge in [-0.25, -0.2) is 13.4 Å². The molecule has 0 saturated carbocycles. The largest absolute Gasteiger partial charge is 0.388 e. The molecule has 1 aromatic rings. The van der Waals surface area contributed by atoms with Crippen LogP contribution in [0.25, 0.3) is 0 Å². The van der Waals surface area contributed by atoms with Gasteiger partial charge in [-0.1, -0.05) is 38.8 Å². The Morgan fingerprint density at radius 1 is 1.07 bits per heavy atom. The molecule has 0 bridgehead atoms. The lowest BCUT2D eigenvalue weighted by molar-refractivity contribution is 0.0257. The summed E-state index contributed by atoms with van der Waals surface area (Å²) in [4.78, 5) is 4.84. The number of guanidine groups is 1. The summed E-state index contributed by atoms with van der Waals surface area (Å²) in [6, 6.07) is 6.74. The Labute approximate surface area is 181 Å². The van der Waals surface area contributed by atoms with Gasteiger partial charge in [-0.15, -0.1) is 24.0 Å². The second-order valence-corrected chi connectivity index (χ2v) is 8.70. The molecule has 0 amide bonds. The number of benzene rings is 1. The number of rotatable bonds is 10. The first-order chi connectivity index (χ1) is 12.2. The van der Waals surface area contributed by atoms with Gasteiger partial charge in [-0.2, -0.15) is 0 Å². The molecule has 0 fully saturated rings. The molecular formula is C19H34IN3O3S. The van der Waals surface area contributed by atoms with Crippen molar-refractivity contribution in [2.75, 3.05) is 19.3 Å². The highest BCUT2D eigenvalue weighted by Crippen LogP contribution is 2.18. The summed E-state index contributed by atoms with van der Waals surface area (Å²) in [5, 5.41) is 17.1. The van der Waals surface area contributed by atoms with E-state index in [-0.39, 0.29) is 24.0 Å². The minimum absolute atomic E-state index is 0. The van der Waals surface area contributed by atoms with E-state index in [0.717, 1.165) is 37.8 Å². The summed E-state index contributed by atoms with van der Waals surface area (Å²) < 4.78 is 23.0. The van der Waals surface area contributed by atoms with Crippen LogP contribution < -0.4 is 10.6 Å². The van der Waals surface area contributed by atoms with Gasteiger partial charge in [-0.3, -0.25) is 0 Å². The molecule has 0 atom stereocenters. The average molecular weight is 511 g/mol. The topological polar surface area (TPSA) is 90.8 Å². The van der Waals surface area contributed by atoms with Crippen molar-refractivity contribution in [3.05, 3.63) is 29.8 Å². The molecule has 0 aliphatic carbocycles. The van der Waals surface area contributed by atoms with Crippen LogP contribution in [0, 0.1) is 0 Å². The Bertz CT molecular complexity index is 670. The number of hydrogen-bond acceptors (Lipinski definition) is 4. The lowest BCUT2D eigenvalue weighted by Gasteiger charge is -2.28. The molecule has 0 radical (unpaired) electrons. The summed E-state index contributed by atoms with van der Waals surface area (Å²) in [7, 11) is -3.18. The zero-order chi connectivity index (χ0) is 19.6. The van der Waals surface area contributed by atoms with Crippen molar-refractivity contribution >= 4 is 39.8 Å². The fraction of sp³-hybridized carbons (Fsp3) is 0.632. The summed E-state index contributed by atoms with van der Waals surface area (Å²) in [6.07, 6.45) is 4.55. The third-order valence-electron chi connectivity index (χ3n) is 4.13. The molecule has 156 valence electrons. The number of nitrogens with one attached hydrogen (secondary N) is 2. The van der Waals surface area contributed by atoms with E-state index < -0.39 is 15.4 Å². The molecule has 27 heavy (non-hydrogen) atoms. The average Bonchev–Trinajstić information content (AvgIpc) is 2.57. The summed E-state index contributed by atoms with van der Waals surface area (Å²) in [5.41, 5.74) is 0.198. The van der Waals surface area contributed by atoms with Crippen molar-refractivity contribution in [1.29, 1.82) is 0 Å². The second kappa shape index (κ2) is 12.6. The maximum atomic E-state index is 11.5. The monoisotopic (exact) mass is 511 g/mol. The van der Waals surface area contributed by atoms with Crippen LogP contribution in [0.4, 0.5) is 0 Å². The minimum Gasteiger partial charge on any atom is -0.388 e. The van der Waals surface area contributed by atoms with Crippen molar-refractivity contribution in [3.63, 3.8) is 0 Å². The van der Waals surface area contributed by atoms with Gasteiger partial charge in [0, 0.05) is 19.3 Å². The fourth-order valence-corrected chi connectivity index (χ4v) is 3.47. The number of nitrogens with zero attached hydrogens (tertiary/aromatic N) is 1. The number of sulfone groups is 1. The van der Waals surface area contributed by atoms with Gasteiger partial charge < -0.3 is 15.7 Å². The zero-order valence-electron chi connectivity index (χ0n) is 16.8. The number of hydrogen-bond donors (Lipinski definition) is 3. The van der Waals surface area contributed by atoms with Crippen molar-refractivity contribution in [2.24, 2.45) is 4.99 Å². The standard InChI is InChI=1S/C19H33N3O3S.HI/c1-5-12-19(23,13-6-2)15-22-18(20-7-3)21-14-16-8-10-17(11-9-16)26(4,24)25;/h8-11,23H,5-7,12-15H2,1-4H3,(H2,20,21,22);1H. The van der Waals surface area contributed by atoms with E-state index in [1.54, 1.807) is 24.3 Å². The lowest BCUT2D eigenvalue weighted by atomic mass is 9.93. The molecule has 1 aromatic carbocycles. The van der Waals surface area contributed by atoms with Gasteiger partial charge in [0.25, 0.3) is 0 Å². The molecule has 6 nitrogen and oxygen atoms in total. The maximum Gasteiger partial charge on any atom is 0.191 e. The van der Waals surface area contributed by atoms with Gasteiger partial charge in [0.1, 0.15) is 0 Å². The van der Waals surface area contributed by atoms with Gasteiger partial charge in [0.05, 0.1) is 17.0 Å². The Morgan fingerprint density at radius 2 is 1.63 bits per heavy atom. The predicted octanol–water partition coefficient (Wildman–Crippen LogP) is 3.09. The first kappa shape index (κ1) is 26.1. The van der Waals surface area contributed by atoms with Crippen LogP contribution in [0.1, 0.15) is 52.0 Å². The van der Waals surface area contributed by atoms with Crippen LogP contribution in [0.3, 0.4) is 0 Å². The van der Waals surface area contributed by atoms with Gasteiger partial charge >= 0.3 is 0 Å². The molecule has 0 aliphatic rings. The molecule has 0 aliphatic heterocycles. The predicted molar refractivity (Wildman–Crippen MR) is 123 cm³/mol. The molecule has 0 unspecified atom stereocenters. The summed E-state index contributed by atoms with van der Waals surface area (Å²) >= 11 is 0. The first-order valence-corrected chi connectivity index (χ1v) is 11.2. The van der Waals surface area contributed by atoms with E-state index >= 15 is 0 Å². The number of halogens is 1. The Morgan fingerprint density at radius 3 is 2.07 bits per heavy atom. The molecule has 8 heteroatoms. The van der Waals surface area contributed by atoms with Crippen LogP contribution in [0.2, 0.25) is 0 Å². The highest BCUT2D eigenvalue weighted by Gasteiger charge is 2.24. The first-order valence-electron chi connectivity index (χ1n) is 9.27. The Balaban J connectivity index is 0.00000676. The third kappa shape index (κ3) is 9.75. The van der Waals surface area contributed by atoms with Crippen molar-refractivity contribution in [1.82, 2.24) is 10.6 Å². The van der Waals surface area contributed by atoms with Crippen molar-refractivity contribution < 1.29 is 13.5 Å². The smallest absolute Gasteiger partial charge is 0.191 e. The Hall–Kier alpha value is -0.870. The number of aliphatic imine (C=N–C) groups is 1. The third-order valence-corrected chi connectivity index (χ3v) is 5.26. The van der Waals surface area contributed by atoms with E-state index in [4.69, 9.17) is 0 Å². The SMILES string of the molecule is CCCC(O)(CCC)CNC(=NCc1ccc(S(C)(=O)=O)cc1)NCC.I. The fourth-order valence-electron chi connectivity index (χ4n) is 2.83.